The van der Waals surface area contributed by atoms with Crippen molar-refractivity contribution in [2.75, 3.05) is 18.1 Å². The normalized spacial score (nSPS) is 10.4. The van der Waals surface area contributed by atoms with Crippen molar-refractivity contribution in [1.29, 1.82) is 0 Å². The molecule has 0 saturated heterocycles. The number of aromatic nitrogens is 1. The molecule has 0 atom stereocenters. The van der Waals surface area contributed by atoms with Crippen LogP contribution in [0.4, 0.5) is 15.8 Å². The predicted molar refractivity (Wildman–Crippen MR) is 55.7 cm³/mol. The van der Waals surface area contributed by atoms with E-state index in [9.17, 15) is 4.39 Å². The van der Waals surface area contributed by atoms with Crippen molar-refractivity contribution in [1.82, 2.24) is 4.98 Å². The molecular formula is C10H10FN3. The lowest BCUT2D eigenvalue weighted by Gasteiger charge is -2.08. The van der Waals surface area contributed by atoms with Crippen LogP contribution in [0.15, 0.2) is 24.4 Å². The third-order valence-corrected chi connectivity index (χ3v) is 2.13. The Morgan fingerprint density at radius 3 is 2.93 bits per heavy atom. The summed E-state index contributed by atoms with van der Waals surface area (Å²) >= 11 is 0. The smallest absolute Gasteiger partial charge is 0.149 e. The van der Waals surface area contributed by atoms with Crippen LogP contribution in [0.25, 0.3) is 10.9 Å². The summed E-state index contributed by atoms with van der Waals surface area (Å²) in [6.45, 7) is 0. The number of hydrogen-bond acceptors (Lipinski definition) is 3. The Morgan fingerprint density at radius 1 is 1.43 bits per heavy atom. The van der Waals surface area contributed by atoms with Crippen molar-refractivity contribution in [3.05, 3.63) is 30.2 Å². The lowest BCUT2D eigenvalue weighted by atomic mass is 10.1. The molecule has 0 amide bonds. The molecule has 1 heterocycles. The number of anilines is 2. The first-order valence-corrected chi connectivity index (χ1v) is 4.24. The molecule has 0 fully saturated rings. The highest BCUT2D eigenvalue weighted by Crippen LogP contribution is 2.28. The van der Waals surface area contributed by atoms with E-state index in [0.717, 1.165) is 5.69 Å². The molecule has 0 aliphatic heterocycles. The van der Waals surface area contributed by atoms with Crippen LogP contribution in [-0.4, -0.2) is 12.0 Å². The van der Waals surface area contributed by atoms with Gasteiger partial charge in [-0.2, -0.15) is 0 Å². The van der Waals surface area contributed by atoms with Crippen molar-refractivity contribution in [3.63, 3.8) is 0 Å². The Morgan fingerprint density at radius 2 is 2.21 bits per heavy atom. The minimum Gasteiger partial charge on any atom is -0.396 e. The van der Waals surface area contributed by atoms with Crippen LogP contribution in [-0.2, 0) is 0 Å². The SMILES string of the molecule is CNc1c(N)cnc2c(F)cccc12. The van der Waals surface area contributed by atoms with Crippen LogP contribution in [0.3, 0.4) is 0 Å². The maximum atomic E-state index is 13.3. The van der Waals surface area contributed by atoms with Crippen molar-refractivity contribution >= 4 is 22.3 Å². The third-order valence-electron chi connectivity index (χ3n) is 2.13. The Labute approximate surface area is 80.8 Å². The topological polar surface area (TPSA) is 50.9 Å². The van der Waals surface area contributed by atoms with Gasteiger partial charge in [0, 0.05) is 12.4 Å². The molecule has 1 aromatic carbocycles. The molecule has 0 spiro atoms. The largest absolute Gasteiger partial charge is 0.396 e. The van der Waals surface area contributed by atoms with Gasteiger partial charge in [-0.3, -0.25) is 4.98 Å². The van der Waals surface area contributed by atoms with Crippen LogP contribution in [0.2, 0.25) is 0 Å². The fourth-order valence-corrected chi connectivity index (χ4v) is 1.48. The summed E-state index contributed by atoms with van der Waals surface area (Å²) in [6, 6.07) is 4.80. The van der Waals surface area contributed by atoms with Gasteiger partial charge in [0.25, 0.3) is 0 Å². The van der Waals surface area contributed by atoms with Gasteiger partial charge >= 0.3 is 0 Å². The first-order valence-electron chi connectivity index (χ1n) is 4.24. The van der Waals surface area contributed by atoms with Crippen LogP contribution in [0.5, 0.6) is 0 Å². The highest BCUT2D eigenvalue weighted by atomic mass is 19.1. The molecular weight excluding hydrogens is 181 g/mol. The zero-order valence-electron chi connectivity index (χ0n) is 7.71. The number of nitrogens with two attached hydrogens (primary N) is 1. The third kappa shape index (κ3) is 1.16. The molecule has 0 radical (unpaired) electrons. The highest BCUT2D eigenvalue weighted by Gasteiger charge is 2.07. The molecule has 14 heavy (non-hydrogen) atoms. The van der Waals surface area contributed by atoms with Gasteiger partial charge in [0.15, 0.2) is 0 Å². The van der Waals surface area contributed by atoms with E-state index >= 15 is 0 Å². The van der Waals surface area contributed by atoms with Gasteiger partial charge in [-0.25, -0.2) is 4.39 Å². The Hall–Kier alpha value is -1.84. The van der Waals surface area contributed by atoms with Gasteiger partial charge in [0.05, 0.1) is 17.6 Å². The first-order chi connectivity index (χ1) is 6.74. The molecule has 1 aromatic heterocycles. The van der Waals surface area contributed by atoms with E-state index in [4.69, 9.17) is 5.73 Å². The van der Waals surface area contributed by atoms with E-state index in [1.54, 1.807) is 19.2 Å². The van der Waals surface area contributed by atoms with Crippen LogP contribution in [0, 0.1) is 5.82 Å². The molecule has 72 valence electrons. The monoisotopic (exact) mass is 191 g/mol. The standard InChI is InChI=1S/C10H10FN3/c1-13-10-6-3-2-4-7(11)9(6)14-5-8(10)12/h2-5H,12H2,1H3,(H,13,14). The van der Waals surface area contributed by atoms with Crippen molar-refractivity contribution < 1.29 is 4.39 Å². The number of halogens is 1. The minimum absolute atomic E-state index is 0.334. The molecule has 0 bridgehead atoms. The van der Waals surface area contributed by atoms with E-state index in [1.807, 2.05) is 0 Å². The van der Waals surface area contributed by atoms with Gasteiger partial charge in [-0.15, -0.1) is 0 Å². The molecule has 4 heteroatoms. The molecule has 3 nitrogen and oxygen atoms in total. The summed E-state index contributed by atoms with van der Waals surface area (Å²) in [7, 11) is 1.75. The second-order valence-electron chi connectivity index (χ2n) is 2.97. The van der Waals surface area contributed by atoms with E-state index in [1.165, 1.54) is 12.3 Å². The Kier molecular flexibility index (Phi) is 1.96. The van der Waals surface area contributed by atoms with E-state index < -0.39 is 0 Å². The Bertz CT molecular complexity index is 482. The summed E-state index contributed by atoms with van der Waals surface area (Å²) in [4.78, 5) is 3.95. The molecule has 2 aromatic rings. The van der Waals surface area contributed by atoms with Crippen molar-refractivity contribution in [2.45, 2.75) is 0 Å². The van der Waals surface area contributed by atoms with Gasteiger partial charge < -0.3 is 11.1 Å². The van der Waals surface area contributed by atoms with Gasteiger partial charge in [0.1, 0.15) is 11.3 Å². The number of nitrogen functional groups attached to an aromatic ring is 1. The van der Waals surface area contributed by atoms with Crippen LogP contribution in [0.1, 0.15) is 0 Å². The Balaban J connectivity index is 2.88. The zero-order chi connectivity index (χ0) is 10.1. The van der Waals surface area contributed by atoms with E-state index in [0.29, 0.717) is 16.6 Å². The summed E-state index contributed by atoms with van der Waals surface area (Å²) in [5, 5.41) is 3.64. The molecule has 2 rings (SSSR count). The van der Waals surface area contributed by atoms with Gasteiger partial charge in [-0.1, -0.05) is 12.1 Å². The number of hydrogen-bond donors (Lipinski definition) is 2. The number of pyridine rings is 1. The average molecular weight is 191 g/mol. The first kappa shape index (κ1) is 8.74. The van der Waals surface area contributed by atoms with Gasteiger partial charge in [-0.05, 0) is 6.07 Å². The lowest BCUT2D eigenvalue weighted by Crippen LogP contribution is -1.98. The molecule has 3 N–H and O–H groups in total. The van der Waals surface area contributed by atoms with E-state index in [-0.39, 0.29) is 5.82 Å². The van der Waals surface area contributed by atoms with Crippen molar-refractivity contribution in [2.24, 2.45) is 0 Å². The molecule has 0 aliphatic rings. The molecule has 0 unspecified atom stereocenters. The number of benzene rings is 1. The van der Waals surface area contributed by atoms with Crippen molar-refractivity contribution in [3.8, 4) is 0 Å². The molecule has 0 aliphatic carbocycles. The lowest BCUT2D eigenvalue weighted by molar-refractivity contribution is 0.637. The molecule has 0 saturated carbocycles. The quantitative estimate of drug-likeness (QED) is 0.724. The summed E-state index contributed by atoms with van der Waals surface area (Å²) < 4.78 is 13.3. The number of nitrogens with one attached hydrogen (secondary N) is 1. The number of nitrogens with zero attached hydrogens (tertiary/aromatic N) is 1. The predicted octanol–water partition coefficient (Wildman–Crippen LogP) is 2.00. The fourth-order valence-electron chi connectivity index (χ4n) is 1.48. The highest BCUT2D eigenvalue weighted by molar-refractivity contribution is 5.96. The van der Waals surface area contributed by atoms with E-state index in [2.05, 4.69) is 10.3 Å². The number of rotatable bonds is 1. The van der Waals surface area contributed by atoms with Crippen LogP contribution < -0.4 is 11.1 Å². The average Bonchev–Trinajstić information content (AvgIpc) is 2.18. The summed E-state index contributed by atoms with van der Waals surface area (Å²) in [5.74, 6) is -0.334. The second-order valence-corrected chi connectivity index (χ2v) is 2.97. The number of para-hydroxylation sites is 1. The zero-order valence-corrected chi connectivity index (χ0v) is 7.71. The summed E-state index contributed by atoms with van der Waals surface area (Å²) in [5.41, 5.74) is 7.27. The maximum Gasteiger partial charge on any atom is 0.149 e. The second kappa shape index (κ2) is 3.14. The summed E-state index contributed by atoms with van der Waals surface area (Å²) in [6.07, 6.45) is 1.46. The number of fused-ring (bicyclic) bond motifs is 1. The van der Waals surface area contributed by atoms with Crippen LogP contribution >= 0.6 is 0 Å². The maximum absolute atomic E-state index is 13.3. The minimum atomic E-state index is -0.334. The van der Waals surface area contributed by atoms with Gasteiger partial charge in [0.2, 0.25) is 0 Å². The fraction of sp³-hybridized carbons (Fsp3) is 0.100.